The monoisotopic (exact) mass is 510 g/mol. The lowest BCUT2D eigenvalue weighted by Gasteiger charge is -2.54. The number of carboxylic acid groups (broad SMARTS) is 1. The van der Waals surface area contributed by atoms with Crippen LogP contribution in [0.15, 0.2) is 48.5 Å². The Balaban J connectivity index is 1.60. The van der Waals surface area contributed by atoms with Crippen molar-refractivity contribution in [1.82, 2.24) is 19.8 Å². The summed E-state index contributed by atoms with van der Waals surface area (Å²) in [6, 6.07) is 12.7. The molecule has 0 unspecified atom stereocenters. The van der Waals surface area contributed by atoms with Crippen LogP contribution in [0.5, 0.6) is 0 Å². The second-order valence-electron chi connectivity index (χ2n) is 9.61. The van der Waals surface area contributed by atoms with E-state index in [4.69, 9.17) is 0 Å². The molecule has 0 aliphatic carbocycles. The Bertz CT molecular complexity index is 1170. The number of nitrogens with zero attached hydrogens (tertiary/aromatic N) is 4. The van der Waals surface area contributed by atoms with Crippen molar-refractivity contribution in [3.05, 3.63) is 71.0 Å². The maximum Gasteiger partial charge on any atom is 0.303 e. The van der Waals surface area contributed by atoms with Gasteiger partial charge in [-0.15, -0.1) is 0 Å². The molecule has 2 fully saturated rings. The summed E-state index contributed by atoms with van der Waals surface area (Å²) in [5.74, 6) is -2.30. The summed E-state index contributed by atoms with van der Waals surface area (Å²) < 4.78 is 13.3. The molecule has 2 heterocycles. The molecule has 0 bridgehead atoms. The number of rotatable bonds is 8. The molecule has 2 aromatic rings. The fraction of sp³-hybridized carbons (Fsp3) is 0.407. The maximum atomic E-state index is 13.5. The molecule has 1 N–H and O–H groups in total. The molecule has 0 aromatic heterocycles. The van der Waals surface area contributed by atoms with Crippen LogP contribution >= 0.6 is 0 Å². The zero-order chi connectivity index (χ0) is 26.7. The summed E-state index contributed by atoms with van der Waals surface area (Å²) in [6.45, 7) is 2.25. The summed E-state index contributed by atoms with van der Waals surface area (Å²) in [6.07, 6.45) is -0.561. The minimum absolute atomic E-state index is 0.0396. The third-order valence-electron chi connectivity index (χ3n) is 6.86. The normalized spacial score (nSPS) is 20.2. The third-order valence-corrected chi connectivity index (χ3v) is 6.86. The van der Waals surface area contributed by atoms with Crippen LogP contribution in [0.4, 0.5) is 4.39 Å². The Hall–Kier alpha value is -3.79. The number of fused-ring (bicyclic) bond motifs is 1. The van der Waals surface area contributed by atoms with Crippen molar-refractivity contribution < 1.29 is 28.7 Å². The predicted octanol–water partition coefficient (Wildman–Crippen LogP) is 2.19. The van der Waals surface area contributed by atoms with Crippen molar-refractivity contribution in [3.8, 4) is 0 Å². The number of carbonyl (C=O) groups is 4. The topological polar surface area (TPSA) is 101 Å². The lowest BCUT2D eigenvalue weighted by molar-refractivity contribution is -0.203. The molecule has 2 saturated heterocycles. The number of carboxylic acids is 1. The molecule has 3 amide bonds. The van der Waals surface area contributed by atoms with Crippen LogP contribution in [0, 0.1) is 12.7 Å². The summed E-state index contributed by atoms with van der Waals surface area (Å²) in [5.41, 5.74) is 2.78. The predicted molar refractivity (Wildman–Crippen MR) is 132 cm³/mol. The van der Waals surface area contributed by atoms with Crippen molar-refractivity contribution in [2.75, 3.05) is 20.1 Å². The number of aryl methyl sites for hydroxylation is 2. The minimum Gasteiger partial charge on any atom is -0.481 e. The molecular weight excluding hydrogens is 479 g/mol. The zero-order valence-electron chi connectivity index (χ0n) is 21.0. The first kappa shape index (κ1) is 26.3. The van der Waals surface area contributed by atoms with E-state index in [-0.39, 0.29) is 62.4 Å². The van der Waals surface area contributed by atoms with Gasteiger partial charge >= 0.3 is 5.97 Å². The SMILES string of the molecule is Cc1ccc(CN2C[C@H]3N(C(=O)CN(C)N3C(=O)CCc3ccc(F)cc3)[C@@H](CCC(=O)O)C2=O)cc1. The Morgan fingerprint density at radius 1 is 1.00 bits per heavy atom. The number of amides is 3. The molecule has 0 saturated carbocycles. The van der Waals surface area contributed by atoms with Gasteiger partial charge in [0, 0.05) is 26.4 Å². The molecule has 9 nitrogen and oxygen atoms in total. The van der Waals surface area contributed by atoms with Crippen LogP contribution < -0.4 is 0 Å². The van der Waals surface area contributed by atoms with Crippen molar-refractivity contribution in [2.45, 2.75) is 51.4 Å². The zero-order valence-corrected chi connectivity index (χ0v) is 21.0. The smallest absolute Gasteiger partial charge is 0.303 e. The highest BCUT2D eigenvalue weighted by Crippen LogP contribution is 2.29. The van der Waals surface area contributed by atoms with Crippen molar-refractivity contribution in [1.29, 1.82) is 0 Å². The summed E-state index contributed by atoms with van der Waals surface area (Å²) in [7, 11) is 1.65. The van der Waals surface area contributed by atoms with Crippen LogP contribution in [-0.2, 0) is 32.1 Å². The Morgan fingerprint density at radius 3 is 2.30 bits per heavy atom. The fourth-order valence-electron chi connectivity index (χ4n) is 4.98. The fourth-order valence-corrected chi connectivity index (χ4v) is 4.98. The number of piperazine rings is 1. The van der Waals surface area contributed by atoms with Crippen LogP contribution in [-0.4, -0.2) is 81.0 Å². The highest BCUT2D eigenvalue weighted by Gasteiger charge is 2.50. The van der Waals surface area contributed by atoms with E-state index in [0.29, 0.717) is 6.42 Å². The Labute approximate surface area is 215 Å². The number of likely N-dealkylation sites (N-methyl/N-ethyl adjacent to an activating group) is 1. The standard InChI is InChI=1S/C27H31FN4O5/c1-18-3-5-20(6-4-18)15-30-16-23-31(22(27(30)37)12-14-26(35)36)25(34)17-29(2)32(23)24(33)13-9-19-7-10-21(28)11-8-19/h3-8,10-11,22-23H,9,12-17H2,1-2H3,(H,35,36)/t22-,23-/m0/s1. The van der Waals surface area contributed by atoms with E-state index in [1.54, 1.807) is 29.1 Å². The van der Waals surface area contributed by atoms with E-state index in [0.717, 1.165) is 16.7 Å². The molecule has 4 rings (SSSR count). The molecule has 37 heavy (non-hydrogen) atoms. The maximum absolute atomic E-state index is 13.5. The first-order valence-electron chi connectivity index (χ1n) is 12.3. The second-order valence-corrected chi connectivity index (χ2v) is 9.61. The van der Waals surface area contributed by atoms with Crippen LogP contribution in [0.1, 0.15) is 36.0 Å². The number of hydrogen-bond donors (Lipinski definition) is 1. The highest BCUT2D eigenvalue weighted by molar-refractivity contribution is 5.92. The van der Waals surface area contributed by atoms with E-state index in [9.17, 15) is 28.7 Å². The van der Waals surface area contributed by atoms with Crippen molar-refractivity contribution in [3.63, 3.8) is 0 Å². The van der Waals surface area contributed by atoms with E-state index in [1.165, 1.54) is 22.0 Å². The van der Waals surface area contributed by atoms with Gasteiger partial charge in [0.25, 0.3) is 0 Å². The number of carbonyl (C=O) groups excluding carboxylic acids is 3. The minimum atomic E-state index is -1.06. The Kier molecular flexibility index (Phi) is 7.87. The van der Waals surface area contributed by atoms with E-state index in [1.807, 2.05) is 31.2 Å². The largest absolute Gasteiger partial charge is 0.481 e. The number of halogens is 1. The summed E-state index contributed by atoms with van der Waals surface area (Å²) in [5, 5.41) is 12.3. The van der Waals surface area contributed by atoms with Gasteiger partial charge in [0.15, 0.2) is 0 Å². The molecule has 10 heteroatoms. The summed E-state index contributed by atoms with van der Waals surface area (Å²) >= 11 is 0. The molecule has 196 valence electrons. The Morgan fingerprint density at radius 2 is 1.65 bits per heavy atom. The number of hydrazine groups is 1. The van der Waals surface area contributed by atoms with Gasteiger partial charge in [0.05, 0.1) is 13.1 Å². The van der Waals surface area contributed by atoms with Gasteiger partial charge in [-0.25, -0.2) is 9.40 Å². The molecule has 0 radical (unpaired) electrons. The lowest BCUT2D eigenvalue weighted by Crippen LogP contribution is -2.75. The molecule has 2 aromatic carbocycles. The molecular formula is C27H31FN4O5. The first-order valence-corrected chi connectivity index (χ1v) is 12.3. The first-order chi connectivity index (χ1) is 17.6. The molecule has 0 spiro atoms. The lowest BCUT2D eigenvalue weighted by atomic mass is 10.0. The molecule has 2 aliphatic rings. The molecule has 2 aliphatic heterocycles. The quantitative estimate of drug-likeness (QED) is 0.584. The van der Waals surface area contributed by atoms with Gasteiger partial charge in [0.2, 0.25) is 17.7 Å². The van der Waals surface area contributed by atoms with Crippen LogP contribution in [0.25, 0.3) is 0 Å². The van der Waals surface area contributed by atoms with Crippen molar-refractivity contribution >= 4 is 23.7 Å². The van der Waals surface area contributed by atoms with Crippen LogP contribution in [0.3, 0.4) is 0 Å². The number of aliphatic carboxylic acids is 1. The van der Waals surface area contributed by atoms with Gasteiger partial charge in [-0.3, -0.25) is 24.2 Å². The van der Waals surface area contributed by atoms with Gasteiger partial charge in [-0.2, -0.15) is 0 Å². The number of hydrogen-bond acceptors (Lipinski definition) is 5. The van der Waals surface area contributed by atoms with Gasteiger partial charge in [-0.1, -0.05) is 42.0 Å². The van der Waals surface area contributed by atoms with Crippen LogP contribution in [0.2, 0.25) is 0 Å². The van der Waals surface area contributed by atoms with E-state index >= 15 is 0 Å². The number of benzene rings is 2. The van der Waals surface area contributed by atoms with Gasteiger partial charge < -0.3 is 14.9 Å². The average molecular weight is 511 g/mol. The average Bonchev–Trinajstić information content (AvgIpc) is 2.85. The van der Waals surface area contributed by atoms with Gasteiger partial charge in [0.1, 0.15) is 18.0 Å². The second kappa shape index (κ2) is 11.1. The molecule has 2 atom stereocenters. The van der Waals surface area contributed by atoms with Gasteiger partial charge in [-0.05, 0) is 43.0 Å². The third kappa shape index (κ3) is 5.96. The summed E-state index contributed by atoms with van der Waals surface area (Å²) in [4.78, 5) is 54.4. The van der Waals surface area contributed by atoms with E-state index in [2.05, 4.69) is 0 Å². The highest BCUT2D eigenvalue weighted by atomic mass is 19.1. The van der Waals surface area contributed by atoms with Crippen molar-refractivity contribution in [2.24, 2.45) is 0 Å². The van der Waals surface area contributed by atoms with E-state index < -0.39 is 18.2 Å².